The molecule has 0 unspecified atom stereocenters. The number of unbranched alkanes of at least 4 members (excludes halogenated alkanes) is 2. The maximum Gasteiger partial charge on any atom is 0.255 e. The first-order valence-corrected chi connectivity index (χ1v) is 9.45. The van der Waals surface area contributed by atoms with Gasteiger partial charge < -0.3 is 14.6 Å². The molecule has 0 radical (unpaired) electrons. The number of hydrogen-bond donors (Lipinski definition) is 1. The molecule has 0 bridgehead atoms. The molecule has 0 atom stereocenters. The number of aromatic nitrogens is 1. The van der Waals surface area contributed by atoms with E-state index < -0.39 is 0 Å². The predicted molar refractivity (Wildman–Crippen MR) is 106 cm³/mol. The van der Waals surface area contributed by atoms with Gasteiger partial charge in [0.2, 0.25) is 0 Å². The van der Waals surface area contributed by atoms with Crippen LogP contribution in [-0.2, 0) is 6.61 Å². The van der Waals surface area contributed by atoms with Gasteiger partial charge in [-0.1, -0.05) is 49.2 Å². The lowest BCUT2D eigenvalue weighted by Crippen LogP contribution is -2.25. The highest BCUT2D eigenvalue weighted by atomic mass is 16.5. The summed E-state index contributed by atoms with van der Waals surface area (Å²) in [5.41, 5.74) is 2.27. The van der Waals surface area contributed by atoms with E-state index in [0.717, 1.165) is 47.1 Å². The van der Waals surface area contributed by atoms with Crippen molar-refractivity contribution in [3.05, 3.63) is 59.0 Å². The molecule has 1 N–H and O–H groups in total. The first-order chi connectivity index (χ1) is 13.1. The molecule has 0 saturated carbocycles. The van der Waals surface area contributed by atoms with Crippen LogP contribution in [0.2, 0.25) is 0 Å². The Morgan fingerprint density at radius 3 is 2.56 bits per heavy atom. The molecular formula is C22H26N2O3. The van der Waals surface area contributed by atoms with E-state index in [1.54, 1.807) is 0 Å². The van der Waals surface area contributed by atoms with E-state index in [0.29, 0.717) is 24.5 Å². The summed E-state index contributed by atoms with van der Waals surface area (Å²) in [5, 5.41) is 9.02. The Morgan fingerprint density at radius 2 is 1.89 bits per heavy atom. The second-order valence-electron chi connectivity index (χ2n) is 6.75. The molecule has 5 heteroatoms. The summed E-state index contributed by atoms with van der Waals surface area (Å²) in [6.45, 7) is 6.88. The number of nitrogens with zero attached hydrogens (tertiary/aromatic N) is 1. The highest BCUT2D eigenvalue weighted by Crippen LogP contribution is 2.27. The Kier molecular flexibility index (Phi) is 6.12. The van der Waals surface area contributed by atoms with E-state index in [1.165, 1.54) is 0 Å². The van der Waals surface area contributed by atoms with Crippen LogP contribution in [0.15, 0.2) is 40.9 Å². The van der Waals surface area contributed by atoms with Crippen molar-refractivity contribution in [2.45, 2.75) is 46.6 Å². The van der Waals surface area contributed by atoms with Gasteiger partial charge in [0.15, 0.2) is 0 Å². The molecule has 0 aliphatic carbocycles. The number of carbonyl (C=O) groups excluding carboxylic acids is 1. The molecule has 0 saturated heterocycles. The van der Waals surface area contributed by atoms with Crippen LogP contribution in [0.1, 0.15) is 53.6 Å². The Balaban J connectivity index is 1.85. The Hall–Kier alpha value is -2.82. The third kappa shape index (κ3) is 4.48. The Labute approximate surface area is 159 Å². The molecule has 2 aromatic carbocycles. The van der Waals surface area contributed by atoms with Crippen LogP contribution in [0.3, 0.4) is 0 Å². The Bertz CT molecular complexity index is 911. The molecule has 0 spiro atoms. The third-order valence-electron chi connectivity index (χ3n) is 4.71. The Morgan fingerprint density at radius 1 is 1.15 bits per heavy atom. The highest BCUT2D eigenvalue weighted by Gasteiger charge is 2.16. The molecule has 3 aromatic rings. The van der Waals surface area contributed by atoms with Crippen molar-refractivity contribution in [1.29, 1.82) is 0 Å². The summed E-state index contributed by atoms with van der Waals surface area (Å²) < 4.78 is 11.2. The van der Waals surface area contributed by atoms with Gasteiger partial charge in [-0.15, -0.1) is 0 Å². The van der Waals surface area contributed by atoms with Gasteiger partial charge in [-0.05, 0) is 43.2 Å². The fraction of sp³-hybridized carbons (Fsp3) is 0.364. The molecule has 27 heavy (non-hydrogen) atoms. The van der Waals surface area contributed by atoms with Crippen LogP contribution < -0.4 is 10.1 Å². The van der Waals surface area contributed by atoms with Gasteiger partial charge in [0.05, 0.1) is 16.8 Å². The molecule has 0 aliphatic rings. The molecule has 0 fully saturated rings. The lowest BCUT2D eigenvalue weighted by molar-refractivity contribution is 0.0948. The molecule has 1 amide bonds. The standard InChI is InChI=1S/C22H26N2O3/c1-4-5-8-11-23-22(25)19-12-17-9-6-7-10-18(17)13-21(19)26-14-20-15(2)24-27-16(20)3/h6-7,9-10,12-13H,4-5,8,11,14H2,1-3H3,(H,23,25). The number of ether oxygens (including phenoxy) is 1. The molecule has 5 nitrogen and oxygen atoms in total. The van der Waals surface area contributed by atoms with Gasteiger partial charge in [0.1, 0.15) is 18.1 Å². The van der Waals surface area contributed by atoms with Crippen LogP contribution in [0.5, 0.6) is 5.75 Å². The minimum atomic E-state index is -0.106. The normalized spacial score (nSPS) is 10.9. The van der Waals surface area contributed by atoms with Crippen molar-refractivity contribution < 1.29 is 14.1 Å². The number of carbonyl (C=O) groups is 1. The van der Waals surface area contributed by atoms with Gasteiger partial charge in [0.25, 0.3) is 5.91 Å². The van der Waals surface area contributed by atoms with Gasteiger partial charge in [-0.25, -0.2) is 0 Å². The van der Waals surface area contributed by atoms with E-state index in [4.69, 9.17) is 9.26 Å². The van der Waals surface area contributed by atoms with E-state index >= 15 is 0 Å². The topological polar surface area (TPSA) is 64.4 Å². The third-order valence-corrected chi connectivity index (χ3v) is 4.71. The van der Waals surface area contributed by atoms with Crippen molar-refractivity contribution in [3.8, 4) is 5.75 Å². The second-order valence-corrected chi connectivity index (χ2v) is 6.75. The molecule has 0 aliphatic heterocycles. The number of nitrogens with one attached hydrogen (secondary N) is 1. The molecular weight excluding hydrogens is 340 g/mol. The molecule has 3 rings (SSSR count). The summed E-state index contributed by atoms with van der Waals surface area (Å²) in [7, 11) is 0. The quantitative estimate of drug-likeness (QED) is 0.573. The largest absolute Gasteiger partial charge is 0.488 e. The van der Waals surface area contributed by atoms with Crippen molar-refractivity contribution >= 4 is 16.7 Å². The lowest BCUT2D eigenvalue weighted by Gasteiger charge is -2.13. The van der Waals surface area contributed by atoms with Crippen LogP contribution in [0.4, 0.5) is 0 Å². The van der Waals surface area contributed by atoms with Crippen LogP contribution >= 0.6 is 0 Å². The number of fused-ring (bicyclic) bond motifs is 1. The second kappa shape index (κ2) is 8.71. The van der Waals surface area contributed by atoms with Gasteiger partial charge in [0, 0.05) is 6.54 Å². The average molecular weight is 366 g/mol. The fourth-order valence-corrected chi connectivity index (χ4v) is 3.05. The zero-order valence-electron chi connectivity index (χ0n) is 16.2. The molecule has 142 valence electrons. The van der Waals surface area contributed by atoms with Crippen molar-refractivity contribution in [1.82, 2.24) is 10.5 Å². The smallest absolute Gasteiger partial charge is 0.255 e. The van der Waals surface area contributed by atoms with Gasteiger partial charge in [-0.2, -0.15) is 0 Å². The summed E-state index contributed by atoms with van der Waals surface area (Å²) in [4.78, 5) is 12.7. The SMILES string of the molecule is CCCCCNC(=O)c1cc2ccccc2cc1OCc1c(C)noc1C. The number of amides is 1. The van der Waals surface area contributed by atoms with Crippen molar-refractivity contribution in [2.24, 2.45) is 0 Å². The first-order valence-electron chi connectivity index (χ1n) is 9.45. The number of rotatable bonds is 8. The van der Waals surface area contributed by atoms with Crippen LogP contribution in [0.25, 0.3) is 10.8 Å². The highest BCUT2D eigenvalue weighted by molar-refractivity contribution is 6.01. The van der Waals surface area contributed by atoms with Crippen molar-refractivity contribution in [2.75, 3.05) is 6.54 Å². The minimum absolute atomic E-state index is 0.106. The number of aryl methyl sites for hydroxylation is 2. The number of hydrogen-bond acceptors (Lipinski definition) is 4. The van der Waals surface area contributed by atoms with E-state index in [-0.39, 0.29) is 5.91 Å². The summed E-state index contributed by atoms with van der Waals surface area (Å²) >= 11 is 0. The lowest BCUT2D eigenvalue weighted by atomic mass is 10.0. The van der Waals surface area contributed by atoms with Crippen LogP contribution in [-0.4, -0.2) is 17.6 Å². The van der Waals surface area contributed by atoms with E-state index in [2.05, 4.69) is 17.4 Å². The summed E-state index contributed by atoms with van der Waals surface area (Å²) in [6, 6.07) is 11.8. The monoisotopic (exact) mass is 366 g/mol. The first kappa shape index (κ1) is 19.0. The summed E-state index contributed by atoms with van der Waals surface area (Å²) in [6.07, 6.45) is 3.20. The zero-order chi connectivity index (χ0) is 19.2. The molecule has 1 heterocycles. The fourth-order valence-electron chi connectivity index (χ4n) is 3.05. The minimum Gasteiger partial charge on any atom is -0.488 e. The maximum atomic E-state index is 12.7. The van der Waals surface area contributed by atoms with Crippen molar-refractivity contribution in [3.63, 3.8) is 0 Å². The maximum absolute atomic E-state index is 12.7. The summed E-state index contributed by atoms with van der Waals surface area (Å²) in [5.74, 6) is 1.20. The molecule has 1 aromatic heterocycles. The average Bonchev–Trinajstić information content (AvgIpc) is 3.00. The predicted octanol–water partition coefficient (Wildman–Crippen LogP) is 4.94. The van der Waals surface area contributed by atoms with E-state index in [1.807, 2.05) is 50.2 Å². The number of benzene rings is 2. The van der Waals surface area contributed by atoms with E-state index in [9.17, 15) is 4.79 Å². The van der Waals surface area contributed by atoms with Crippen LogP contribution in [0, 0.1) is 13.8 Å². The zero-order valence-corrected chi connectivity index (χ0v) is 16.2. The van der Waals surface area contributed by atoms with Gasteiger partial charge >= 0.3 is 0 Å². The van der Waals surface area contributed by atoms with Gasteiger partial charge in [-0.3, -0.25) is 4.79 Å².